The predicted molar refractivity (Wildman–Crippen MR) is 142 cm³/mol. The van der Waals surface area contributed by atoms with Crippen molar-refractivity contribution in [2.45, 2.75) is 39.5 Å². The Balaban J connectivity index is 1.26. The van der Waals surface area contributed by atoms with Crippen molar-refractivity contribution in [1.29, 1.82) is 0 Å². The number of amides is 1. The zero-order valence-corrected chi connectivity index (χ0v) is 22.0. The lowest BCUT2D eigenvalue weighted by Gasteiger charge is -2.19. The number of rotatable bonds is 7. The van der Waals surface area contributed by atoms with Crippen molar-refractivity contribution in [3.8, 4) is 22.6 Å². The van der Waals surface area contributed by atoms with E-state index in [2.05, 4.69) is 34.7 Å². The number of thiophene rings is 1. The molecule has 2 aromatic carbocycles. The van der Waals surface area contributed by atoms with Gasteiger partial charge in [0.15, 0.2) is 11.5 Å². The van der Waals surface area contributed by atoms with Gasteiger partial charge in [-0.05, 0) is 73.2 Å². The minimum Gasteiger partial charge on any atom is -0.454 e. The van der Waals surface area contributed by atoms with Gasteiger partial charge in [-0.1, -0.05) is 12.1 Å². The van der Waals surface area contributed by atoms with E-state index in [1.807, 2.05) is 18.2 Å². The van der Waals surface area contributed by atoms with Gasteiger partial charge >= 0.3 is 11.8 Å². The van der Waals surface area contributed by atoms with Crippen LogP contribution in [0.3, 0.4) is 0 Å². The molecule has 1 N–H and O–H groups in total. The molecule has 5 rings (SSSR count). The van der Waals surface area contributed by atoms with Crippen molar-refractivity contribution < 1.29 is 23.4 Å². The molecule has 0 unspecified atom stereocenters. The summed E-state index contributed by atoms with van der Waals surface area (Å²) < 4.78 is 33.2. The first-order valence-electron chi connectivity index (χ1n) is 12.0. The van der Waals surface area contributed by atoms with Crippen LogP contribution in [-0.2, 0) is 17.8 Å². The average molecular weight is 539 g/mol. The van der Waals surface area contributed by atoms with Gasteiger partial charge in [0.05, 0.1) is 19.4 Å². The summed E-state index contributed by atoms with van der Waals surface area (Å²) in [5.41, 5.74) is 1.22. The molecule has 0 bridgehead atoms. The standard InChI is InChI=1S/C27H27FN4O5S/c1-27(2,3)37-25(33)29-12-17(11-28)13-32-26(34)31(15-30-32)14-21-9-20-8-18(5-7-24(20)38-21)19-4-6-22-23(10-19)36-16-35-22/h4-11,15H,12-14,16H2,1-3H3,(H,29,33)/b17-11+. The van der Waals surface area contributed by atoms with Crippen LogP contribution in [0, 0.1) is 0 Å². The molecule has 11 heteroatoms. The third-order valence-electron chi connectivity index (χ3n) is 5.76. The Bertz CT molecular complexity index is 1580. The highest BCUT2D eigenvalue weighted by atomic mass is 32.1. The van der Waals surface area contributed by atoms with Gasteiger partial charge in [0, 0.05) is 16.1 Å². The fourth-order valence-electron chi connectivity index (χ4n) is 4.01. The van der Waals surface area contributed by atoms with Gasteiger partial charge in [-0.15, -0.1) is 11.3 Å². The molecule has 2 aromatic heterocycles. The van der Waals surface area contributed by atoms with Crippen LogP contribution in [0.25, 0.3) is 21.2 Å². The topological polar surface area (TPSA) is 96.6 Å². The summed E-state index contributed by atoms with van der Waals surface area (Å²) in [6, 6.07) is 14.1. The summed E-state index contributed by atoms with van der Waals surface area (Å²) in [5, 5.41) is 7.68. The number of fused-ring (bicyclic) bond motifs is 2. The number of nitrogens with one attached hydrogen (secondary N) is 1. The SMILES string of the molecule is CC(C)(C)OC(=O)NC/C(=C\F)Cn1ncn(Cc2cc3cc(-c4ccc5c(c4)OCO5)ccc3s2)c1=O. The minimum atomic E-state index is -0.667. The zero-order chi connectivity index (χ0) is 26.9. The molecule has 9 nitrogen and oxygen atoms in total. The van der Waals surface area contributed by atoms with Crippen LogP contribution in [0.15, 0.2) is 65.5 Å². The summed E-state index contributed by atoms with van der Waals surface area (Å²) >= 11 is 1.59. The van der Waals surface area contributed by atoms with E-state index in [1.165, 1.54) is 10.9 Å². The number of benzene rings is 2. The Labute approximate surface area is 222 Å². The first-order chi connectivity index (χ1) is 18.2. The van der Waals surface area contributed by atoms with Crippen molar-refractivity contribution in [2.24, 2.45) is 0 Å². The summed E-state index contributed by atoms with van der Waals surface area (Å²) in [4.78, 5) is 25.7. The molecule has 3 heterocycles. The average Bonchev–Trinajstić information content (AvgIpc) is 3.59. The molecule has 1 aliphatic heterocycles. The van der Waals surface area contributed by atoms with Crippen molar-refractivity contribution >= 4 is 27.5 Å². The van der Waals surface area contributed by atoms with E-state index in [9.17, 15) is 14.0 Å². The van der Waals surface area contributed by atoms with E-state index in [0.717, 1.165) is 42.3 Å². The van der Waals surface area contributed by atoms with Gasteiger partial charge in [0.1, 0.15) is 11.9 Å². The first-order valence-corrected chi connectivity index (χ1v) is 12.8. The van der Waals surface area contributed by atoms with Crippen molar-refractivity contribution in [2.75, 3.05) is 13.3 Å². The van der Waals surface area contributed by atoms with Crippen LogP contribution in [0.2, 0.25) is 0 Å². The summed E-state index contributed by atoms with van der Waals surface area (Å²) in [6.07, 6.45) is 1.13. The number of alkyl carbamates (subject to hydrolysis) is 1. The molecule has 38 heavy (non-hydrogen) atoms. The molecule has 0 saturated carbocycles. The second-order valence-corrected chi connectivity index (χ2v) is 11.0. The van der Waals surface area contributed by atoms with Crippen LogP contribution < -0.4 is 20.5 Å². The third-order valence-corrected chi connectivity index (χ3v) is 6.86. The lowest BCUT2D eigenvalue weighted by Crippen LogP contribution is -2.34. The molecule has 0 atom stereocenters. The van der Waals surface area contributed by atoms with E-state index >= 15 is 0 Å². The molecule has 0 spiro atoms. The maximum atomic E-state index is 13.4. The van der Waals surface area contributed by atoms with Gasteiger partial charge < -0.3 is 19.5 Å². The molecule has 0 radical (unpaired) electrons. The number of hydrogen-bond donors (Lipinski definition) is 1. The largest absolute Gasteiger partial charge is 0.454 e. The van der Waals surface area contributed by atoms with Crippen LogP contribution in [0.5, 0.6) is 11.5 Å². The Hall–Kier alpha value is -4.12. The maximum Gasteiger partial charge on any atom is 0.407 e. The normalized spacial score (nSPS) is 13.2. The fraction of sp³-hybridized carbons (Fsp3) is 0.296. The van der Waals surface area contributed by atoms with Crippen LogP contribution >= 0.6 is 11.3 Å². The second kappa shape index (κ2) is 10.3. The Morgan fingerprint density at radius 1 is 1.16 bits per heavy atom. The second-order valence-electron chi connectivity index (χ2n) is 9.86. The number of halogens is 1. The maximum absolute atomic E-state index is 13.4. The summed E-state index contributed by atoms with van der Waals surface area (Å²) in [7, 11) is 0. The number of carbonyl (C=O) groups is 1. The van der Waals surface area contributed by atoms with E-state index in [-0.39, 0.29) is 31.1 Å². The van der Waals surface area contributed by atoms with Crippen LogP contribution in [-0.4, -0.2) is 39.4 Å². The number of aromatic nitrogens is 3. The Kier molecular flexibility index (Phi) is 6.94. The van der Waals surface area contributed by atoms with Gasteiger partial charge in [0.25, 0.3) is 0 Å². The lowest BCUT2D eigenvalue weighted by molar-refractivity contribution is 0.0532. The van der Waals surface area contributed by atoms with Crippen molar-refractivity contribution in [3.05, 3.63) is 76.1 Å². The van der Waals surface area contributed by atoms with Gasteiger partial charge in [0.2, 0.25) is 6.79 Å². The number of nitrogens with zero attached hydrogens (tertiary/aromatic N) is 3. The molecule has 0 saturated heterocycles. The summed E-state index contributed by atoms with van der Waals surface area (Å²) in [6.45, 7) is 5.58. The molecule has 1 amide bonds. The quantitative estimate of drug-likeness (QED) is 0.353. The Morgan fingerprint density at radius 2 is 1.92 bits per heavy atom. The minimum absolute atomic E-state index is 0.0938. The molecule has 0 aliphatic carbocycles. The zero-order valence-electron chi connectivity index (χ0n) is 21.2. The molecular formula is C27H27FN4O5S. The monoisotopic (exact) mass is 538 g/mol. The molecule has 198 valence electrons. The number of hydrogen-bond acceptors (Lipinski definition) is 7. The highest BCUT2D eigenvalue weighted by molar-refractivity contribution is 7.19. The Morgan fingerprint density at radius 3 is 2.71 bits per heavy atom. The van der Waals surface area contributed by atoms with E-state index in [4.69, 9.17) is 14.2 Å². The first kappa shape index (κ1) is 25.5. The smallest absolute Gasteiger partial charge is 0.407 e. The predicted octanol–water partition coefficient (Wildman–Crippen LogP) is 5.08. The third kappa shape index (κ3) is 5.72. The van der Waals surface area contributed by atoms with E-state index < -0.39 is 11.7 Å². The van der Waals surface area contributed by atoms with Gasteiger partial charge in [-0.3, -0.25) is 4.57 Å². The van der Waals surface area contributed by atoms with Crippen LogP contribution in [0.4, 0.5) is 9.18 Å². The number of carbonyl (C=O) groups excluding carboxylic acids is 1. The van der Waals surface area contributed by atoms with E-state index in [0.29, 0.717) is 12.9 Å². The van der Waals surface area contributed by atoms with Crippen molar-refractivity contribution in [3.63, 3.8) is 0 Å². The highest BCUT2D eigenvalue weighted by Crippen LogP contribution is 2.37. The summed E-state index contributed by atoms with van der Waals surface area (Å²) in [5.74, 6) is 1.48. The number of ether oxygens (including phenoxy) is 3. The van der Waals surface area contributed by atoms with E-state index in [1.54, 1.807) is 32.1 Å². The molecule has 4 aromatic rings. The highest BCUT2D eigenvalue weighted by Gasteiger charge is 2.17. The molecule has 1 aliphatic rings. The lowest BCUT2D eigenvalue weighted by atomic mass is 10.0. The van der Waals surface area contributed by atoms with Crippen LogP contribution in [0.1, 0.15) is 25.6 Å². The van der Waals surface area contributed by atoms with Gasteiger partial charge in [-0.25, -0.2) is 18.7 Å². The fourth-order valence-corrected chi connectivity index (χ4v) is 5.05. The molecular weight excluding hydrogens is 511 g/mol. The van der Waals surface area contributed by atoms with Gasteiger partial charge in [-0.2, -0.15) is 5.10 Å². The molecule has 0 fully saturated rings. The van der Waals surface area contributed by atoms with Crippen molar-refractivity contribution in [1.82, 2.24) is 19.7 Å².